The van der Waals surface area contributed by atoms with Crippen molar-refractivity contribution in [3.05, 3.63) is 65.5 Å². The molecule has 0 aliphatic rings. The number of hydrogen-bond donors (Lipinski definition) is 3. The number of carbonyl (C=O) groups is 1. The van der Waals surface area contributed by atoms with Gasteiger partial charge in [0.2, 0.25) is 0 Å². The smallest absolute Gasteiger partial charge is 0.411 e. The summed E-state index contributed by atoms with van der Waals surface area (Å²) in [6.07, 6.45) is -0.512. The molecule has 27 heavy (non-hydrogen) atoms. The minimum Gasteiger partial charge on any atom is -0.453 e. The van der Waals surface area contributed by atoms with Crippen LogP contribution in [0.3, 0.4) is 0 Å². The van der Waals surface area contributed by atoms with Crippen LogP contribution in [0.5, 0.6) is 0 Å². The molecule has 1 amide bonds. The van der Waals surface area contributed by atoms with Gasteiger partial charge in [0.25, 0.3) is 0 Å². The lowest BCUT2D eigenvalue weighted by Gasteiger charge is -2.12. The third-order valence-electron chi connectivity index (χ3n) is 3.55. The molecule has 0 radical (unpaired) electrons. The van der Waals surface area contributed by atoms with Crippen molar-refractivity contribution in [2.45, 2.75) is 20.0 Å². The Labute approximate surface area is 175 Å². The number of benzene rings is 2. The zero-order valence-electron chi connectivity index (χ0n) is 15.3. The van der Waals surface area contributed by atoms with Crippen molar-refractivity contribution < 1.29 is 13.9 Å². The number of ether oxygens (including phenoxy) is 1. The van der Waals surface area contributed by atoms with Crippen molar-refractivity contribution in [3.8, 4) is 0 Å². The average molecular weight is 486 g/mol. The Morgan fingerprint density at radius 3 is 2.44 bits per heavy atom. The first-order valence-corrected chi connectivity index (χ1v) is 8.32. The molecule has 6 nitrogen and oxygen atoms in total. The van der Waals surface area contributed by atoms with Gasteiger partial charge in [-0.2, -0.15) is 0 Å². The maximum atomic E-state index is 13.7. The Bertz CT molecular complexity index is 754. The van der Waals surface area contributed by atoms with Crippen molar-refractivity contribution in [1.82, 2.24) is 10.6 Å². The molecule has 3 N–H and O–H groups in total. The van der Waals surface area contributed by atoms with Gasteiger partial charge in [0.05, 0.1) is 13.7 Å². The molecule has 0 fully saturated rings. The van der Waals surface area contributed by atoms with Crippen molar-refractivity contribution >= 4 is 41.7 Å². The summed E-state index contributed by atoms with van der Waals surface area (Å²) in [5, 5.41) is 8.84. The second-order valence-corrected chi connectivity index (χ2v) is 5.45. The summed E-state index contributed by atoms with van der Waals surface area (Å²) in [5.41, 5.74) is 2.20. The molecular formula is C19H24FIN4O2. The van der Waals surface area contributed by atoms with Gasteiger partial charge in [-0.15, -0.1) is 24.0 Å². The minimum absolute atomic E-state index is 0. The number of amides is 1. The lowest BCUT2D eigenvalue weighted by Crippen LogP contribution is -2.37. The Morgan fingerprint density at radius 2 is 1.81 bits per heavy atom. The van der Waals surface area contributed by atoms with Gasteiger partial charge in [-0.3, -0.25) is 5.32 Å². The van der Waals surface area contributed by atoms with Crippen LogP contribution in [0.4, 0.5) is 14.9 Å². The van der Waals surface area contributed by atoms with Gasteiger partial charge in [-0.05, 0) is 30.7 Å². The third-order valence-corrected chi connectivity index (χ3v) is 3.55. The number of rotatable bonds is 6. The molecule has 146 valence electrons. The number of nitrogens with one attached hydrogen (secondary N) is 3. The molecule has 0 spiro atoms. The average Bonchev–Trinajstić information content (AvgIpc) is 2.66. The van der Waals surface area contributed by atoms with E-state index in [1.165, 1.54) is 13.2 Å². The molecular weight excluding hydrogens is 462 g/mol. The number of halogens is 2. The first-order chi connectivity index (χ1) is 12.6. The van der Waals surface area contributed by atoms with E-state index in [0.717, 1.165) is 5.56 Å². The standard InChI is InChI=1S/C19H23FN4O2.HI/c1-3-21-18(23-13-15-6-4-5-7-17(15)20)22-12-14-8-10-16(11-9-14)24-19(25)26-2;/h4-11H,3,12-13H2,1-2H3,(H,24,25)(H2,21,22,23);1H. The number of nitrogens with zero attached hydrogens (tertiary/aromatic N) is 1. The monoisotopic (exact) mass is 486 g/mol. The van der Waals surface area contributed by atoms with Crippen LogP contribution in [0.1, 0.15) is 18.1 Å². The van der Waals surface area contributed by atoms with Crippen molar-refractivity contribution in [1.29, 1.82) is 0 Å². The second kappa shape index (κ2) is 12.1. The molecule has 0 unspecified atom stereocenters. The summed E-state index contributed by atoms with van der Waals surface area (Å²) < 4.78 is 18.2. The highest BCUT2D eigenvalue weighted by molar-refractivity contribution is 14.0. The molecule has 0 saturated carbocycles. The number of methoxy groups -OCH3 is 1. The lowest BCUT2D eigenvalue weighted by molar-refractivity contribution is 0.187. The first-order valence-electron chi connectivity index (χ1n) is 8.32. The third kappa shape index (κ3) is 7.81. The number of aliphatic imine (C=N–C) groups is 1. The molecule has 0 bridgehead atoms. The lowest BCUT2D eigenvalue weighted by atomic mass is 10.2. The quantitative estimate of drug-likeness (QED) is 0.329. The maximum absolute atomic E-state index is 13.7. The zero-order valence-corrected chi connectivity index (χ0v) is 17.6. The van der Waals surface area contributed by atoms with E-state index in [4.69, 9.17) is 0 Å². The van der Waals surface area contributed by atoms with E-state index in [-0.39, 0.29) is 29.8 Å². The highest BCUT2D eigenvalue weighted by Gasteiger charge is 2.03. The molecule has 0 aromatic heterocycles. The largest absolute Gasteiger partial charge is 0.453 e. The molecule has 0 heterocycles. The fraction of sp³-hybridized carbons (Fsp3) is 0.263. The van der Waals surface area contributed by atoms with E-state index in [1.807, 2.05) is 19.1 Å². The molecule has 2 aromatic rings. The second-order valence-electron chi connectivity index (χ2n) is 5.45. The highest BCUT2D eigenvalue weighted by atomic mass is 127. The van der Waals surface area contributed by atoms with Gasteiger partial charge in [0.1, 0.15) is 5.82 Å². The minimum atomic E-state index is -0.512. The van der Waals surface area contributed by atoms with Gasteiger partial charge >= 0.3 is 6.09 Å². The van der Waals surface area contributed by atoms with E-state index in [1.54, 1.807) is 30.3 Å². The van der Waals surface area contributed by atoms with Crippen molar-refractivity contribution in [2.24, 2.45) is 4.99 Å². The molecule has 0 aliphatic heterocycles. The summed E-state index contributed by atoms with van der Waals surface area (Å²) >= 11 is 0. The number of carbonyl (C=O) groups excluding carboxylic acids is 1. The van der Waals surface area contributed by atoms with E-state index < -0.39 is 6.09 Å². The van der Waals surface area contributed by atoms with Crippen LogP contribution < -0.4 is 16.0 Å². The van der Waals surface area contributed by atoms with Gasteiger partial charge in [-0.25, -0.2) is 14.2 Å². The Hall–Kier alpha value is -2.36. The fourth-order valence-corrected chi connectivity index (χ4v) is 2.20. The summed E-state index contributed by atoms with van der Waals surface area (Å²) in [5.74, 6) is 0.358. The van der Waals surface area contributed by atoms with Gasteiger partial charge in [0.15, 0.2) is 5.96 Å². The van der Waals surface area contributed by atoms with Crippen LogP contribution in [0.25, 0.3) is 0 Å². The summed E-state index contributed by atoms with van der Waals surface area (Å²) in [4.78, 5) is 15.7. The predicted octanol–water partition coefficient (Wildman–Crippen LogP) is 3.88. The van der Waals surface area contributed by atoms with Crippen LogP contribution in [0, 0.1) is 5.82 Å². The molecule has 8 heteroatoms. The van der Waals surface area contributed by atoms with Gasteiger partial charge in [-0.1, -0.05) is 30.3 Å². The van der Waals surface area contributed by atoms with Crippen LogP contribution in [0.2, 0.25) is 0 Å². The predicted molar refractivity (Wildman–Crippen MR) is 116 cm³/mol. The molecule has 2 rings (SSSR count). The molecule has 0 atom stereocenters. The Kier molecular flexibility index (Phi) is 10.2. The Balaban J connectivity index is 0.00000364. The summed E-state index contributed by atoms with van der Waals surface area (Å²) in [6.45, 7) is 3.46. The van der Waals surface area contributed by atoms with E-state index in [2.05, 4.69) is 25.7 Å². The highest BCUT2D eigenvalue weighted by Crippen LogP contribution is 2.11. The fourth-order valence-electron chi connectivity index (χ4n) is 2.20. The topological polar surface area (TPSA) is 74.8 Å². The number of guanidine groups is 1. The Morgan fingerprint density at radius 1 is 1.11 bits per heavy atom. The number of hydrogen-bond acceptors (Lipinski definition) is 3. The van der Waals surface area contributed by atoms with Crippen LogP contribution in [-0.2, 0) is 17.8 Å². The molecule has 0 saturated heterocycles. The zero-order chi connectivity index (χ0) is 18.8. The summed E-state index contributed by atoms with van der Waals surface area (Å²) in [7, 11) is 1.31. The normalized spacial score (nSPS) is 10.6. The maximum Gasteiger partial charge on any atom is 0.411 e. The first kappa shape index (κ1) is 22.7. The van der Waals surface area contributed by atoms with Gasteiger partial charge in [0, 0.05) is 24.3 Å². The van der Waals surface area contributed by atoms with Crippen molar-refractivity contribution in [2.75, 3.05) is 19.0 Å². The number of anilines is 1. The van der Waals surface area contributed by atoms with Crippen LogP contribution >= 0.6 is 24.0 Å². The summed E-state index contributed by atoms with van der Waals surface area (Å²) in [6, 6.07) is 13.9. The SMILES string of the molecule is CCNC(=NCc1ccc(NC(=O)OC)cc1)NCc1ccccc1F.I. The molecule has 0 aliphatic carbocycles. The van der Waals surface area contributed by atoms with Crippen molar-refractivity contribution in [3.63, 3.8) is 0 Å². The van der Waals surface area contributed by atoms with Crippen LogP contribution in [0.15, 0.2) is 53.5 Å². The van der Waals surface area contributed by atoms with E-state index >= 15 is 0 Å². The molecule has 2 aromatic carbocycles. The van der Waals surface area contributed by atoms with E-state index in [9.17, 15) is 9.18 Å². The van der Waals surface area contributed by atoms with Crippen LogP contribution in [-0.4, -0.2) is 25.7 Å². The van der Waals surface area contributed by atoms with E-state index in [0.29, 0.717) is 36.8 Å². The van der Waals surface area contributed by atoms with Gasteiger partial charge < -0.3 is 15.4 Å².